The highest BCUT2D eigenvalue weighted by Crippen LogP contribution is 2.39. The molecule has 1 fully saturated rings. The lowest BCUT2D eigenvalue weighted by atomic mass is 9.73. The Hall–Kier alpha value is -3.06. The lowest BCUT2D eigenvalue weighted by Crippen LogP contribution is -2.51. The molecule has 35 heavy (non-hydrogen) atoms. The summed E-state index contributed by atoms with van der Waals surface area (Å²) in [6, 6.07) is 14.2. The maximum Gasteiger partial charge on any atom is 0.255 e. The molecule has 0 atom stereocenters. The van der Waals surface area contributed by atoms with Gasteiger partial charge in [-0.25, -0.2) is 0 Å². The van der Waals surface area contributed by atoms with Crippen molar-refractivity contribution in [3.8, 4) is 5.75 Å². The molecule has 0 unspecified atom stereocenters. The molecule has 0 aliphatic carbocycles. The van der Waals surface area contributed by atoms with Gasteiger partial charge in [-0.2, -0.15) is 0 Å². The molecule has 3 amide bonds. The number of ether oxygens (including phenoxy) is 1. The van der Waals surface area contributed by atoms with Gasteiger partial charge in [0.1, 0.15) is 12.4 Å². The first-order chi connectivity index (χ1) is 16.9. The van der Waals surface area contributed by atoms with Crippen LogP contribution in [0.15, 0.2) is 48.5 Å². The van der Waals surface area contributed by atoms with Crippen LogP contribution in [0.5, 0.6) is 5.75 Å². The van der Waals surface area contributed by atoms with Crippen LogP contribution in [0.25, 0.3) is 0 Å². The van der Waals surface area contributed by atoms with Crippen molar-refractivity contribution in [1.82, 2.24) is 15.1 Å². The minimum Gasteiger partial charge on any atom is -0.491 e. The van der Waals surface area contributed by atoms with E-state index in [0.29, 0.717) is 67.5 Å². The number of carbonyl (C=O) groups is 3. The molecule has 4 rings (SSSR count). The minimum atomic E-state index is -0.530. The van der Waals surface area contributed by atoms with Crippen molar-refractivity contribution in [2.75, 3.05) is 39.8 Å². The third-order valence-corrected chi connectivity index (χ3v) is 7.43. The highest BCUT2D eigenvalue weighted by atomic mass is 35.5. The fourth-order valence-corrected chi connectivity index (χ4v) is 5.19. The number of nitrogens with one attached hydrogen (secondary N) is 1. The van der Waals surface area contributed by atoms with Crippen molar-refractivity contribution in [3.05, 3.63) is 64.7 Å². The Morgan fingerprint density at radius 1 is 0.971 bits per heavy atom. The van der Waals surface area contributed by atoms with Gasteiger partial charge < -0.3 is 19.9 Å². The second-order valence-corrected chi connectivity index (χ2v) is 9.74. The Morgan fingerprint density at radius 3 is 2.46 bits per heavy atom. The summed E-state index contributed by atoms with van der Waals surface area (Å²) >= 11 is 6.24. The summed E-state index contributed by atoms with van der Waals surface area (Å²) in [6.07, 6.45) is 3.51. The van der Waals surface area contributed by atoms with E-state index in [0.717, 1.165) is 19.3 Å². The molecule has 2 aliphatic heterocycles. The number of benzene rings is 2. The number of hydrogen-bond acceptors (Lipinski definition) is 4. The van der Waals surface area contributed by atoms with Crippen LogP contribution in [0, 0.1) is 5.41 Å². The van der Waals surface area contributed by atoms with Gasteiger partial charge in [0.2, 0.25) is 5.91 Å². The van der Waals surface area contributed by atoms with Crippen LogP contribution in [0.4, 0.5) is 0 Å². The summed E-state index contributed by atoms with van der Waals surface area (Å²) < 4.78 is 5.89. The fourth-order valence-electron chi connectivity index (χ4n) is 4.98. The largest absolute Gasteiger partial charge is 0.491 e. The van der Waals surface area contributed by atoms with Gasteiger partial charge in [-0.1, -0.05) is 42.3 Å². The molecular formula is C27H32ClN3O4. The van der Waals surface area contributed by atoms with E-state index >= 15 is 0 Å². The maximum atomic E-state index is 13.7. The van der Waals surface area contributed by atoms with Crippen molar-refractivity contribution in [2.45, 2.75) is 32.1 Å². The summed E-state index contributed by atoms with van der Waals surface area (Å²) in [5.74, 6) is 0.370. The number of halogens is 1. The zero-order chi connectivity index (χ0) is 24.8. The summed E-state index contributed by atoms with van der Waals surface area (Å²) in [5, 5.41) is 3.41. The number of likely N-dealkylation sites (tertiary alicyclic amines) is 1. The summed E-state index contributed by atoms with van der Waals surface area (Å²) in [7, 11) is 1.80. The lowest BCUT2D eigenvalue weighted by Gasteiger charge is -2.43. The second-order valence-electron chi connectivity index (χ2n) is 9.34. The predicted octanol–water partition coefficient (Wildman–Crippen LogP) is 4.01. The fraction of sp³-hybridized carbons (Fsp3) is 0.444. The van der Waals surface area contributed by atoms with Crippen LogP contribution in [0.3, 0.4) is 0 Å². The van der Waals surface area contributed by atoms with E-state index in [1.54, 1.807) is 53.2 Å². The number of para-hydroxylation sites is 1. The first kappa shape index (κ1) is 25.0. The van der Waals surface area contributed by atoms with E-state index in [2.05, 4.69) is 5.32 Å². The van der Waals surface area contributed by atoms with Crippen LogP contribution in [-0.2, 0) is 4.79 Å². The van der Waals surface area contributed by atoms with E-state index in [-0.39, 0.29) is 17.7 Å². The molecule has 1 N–H and O–H groups in total. The van der Waals surface area contributed by atoms with E-state index < -0.39 is 5.41 Å². The zero-order valence-electron chi connectivity index (χ0n) is 20.1. The van der Waals surface area contributed by atoms with E-state index in [4.69, 9.17) is 16.3 Å². The van der Waals surface area contributed by atoms with Gasteiger partial charge in [0, 0.05) is 26.7 Å². The van der Waals surface area contributed by atoms with Crippen LogP contribution in [-0.4, -0.2) is 67.4 Å². The quantitative estimate of drug-likeness (QED) is 0.645. The van der Waals surface area contributed by atoms with Gasteiger partial charge in [0.15, 0.2) is 0 Å². The number of hydrogen-bond donors (Lipinski definition) is 1. The summed E-state index contributed by atoms with van der Waals surface area (Å²) in [4.78, 5) is 42.9. The van der Waals surface area contributed by atoms with Gasteiger partial charge >= 0.3 is 0 Å². The maximum absolute atomic E-state index is 13.7. The average molecular weight is 498 g/mol. The van der Waals surface area contributed by atoms with Gasteiger partial charge in [0.05, 0.1) is 28.1 Å². The van der Waals surface area contributed by atoms with E-state index in [1.807, 2.05) is 12.1 Å². The Kier molecular flexibility index (Phi) is 7.96. The number of likely N-dealkylation sites (N-methyl/N-ethyl adjacent to an activating group) is 1. The topological polar surface area (TPSA) is 79.0 Å². The van der Waals surface area contributed by atoms with Gasteiger partial charge in [-0.05, 0) is 49.9 Å². The smallest absolute Gasteiger partial charge is 0.255 e. The second kappa shape index (κ2) is 11.1. The standard InChI is InChI=1S/C27H32ClN3O4/c1-30-18-19-35-23-11-5-3-9-21(23)24(32)29-15-7-6-12-27(26(30)34)13-16-31(17-14-27)25(33)20-8-2-4-10-22(20)28/h2-5,8-11H,6-7,12-19H2,1H3,(H,29,32). The number of rotatable bonds is 1. The van der Waals surface area contributed by atoms with Gasteiger partial charge in [-0.3, -0.25) is 14.4 Å². The third kappa shape index (κ3) is 5.61. The van der Waals surface area contributed by atoms with Crippen molar-refractivity contribution in [1.29, 1.82) is 0 Å². The molecule has 186 valence electrons. The molecule has 1 saturated heterocycles. The Bertz CT molecular complexity index is 1080. The highest BCUT2D eigenvalue weighted by molar-refractivity contribution is 6.33. The van der Waals surface area contributed by atoms with Crippen LogP contribution in [0.1, 0.15) is 52.8 Å². The molecule has 8 heteroatoms. The first-order valence-corrected chi connectivity index (χ1v) is 12.6. The molecule has 0 radical (unpaired) electrons. The molecule has 7 nitrogen and oxygen atoms in total. The average Bonchev–Trinajstić information content (AvgIpc) is 2.88. The van der Waals surface area contributed by atoms with Gasteiger partial charge in [0.25, 0.3) is 11.8 Å². The molecule has 2 heterocycles. The van der Waals surface area contributed by atoms with Crippen molar-refractivity contribution < 1.29 is 19.1 Å². The Labute approximate surface area is 211 Å². The van der Waals surface area contributed by atoms with Crippen molar-refractivity contribution in [2.24, 2.45) is 5.41 Å². The predicted molar refractivity (Wildman–Crippen MR) is 135 cm³/mol. The first-order valence-electron chi connectivity index (χ1n) is 12.2. The van der Waals surface area contributed by atoms with Crippen LogP contribution >= 0.6 is 11.6 Å². The normalized spacial score (nSPS) is 19.4. The van der Waals surface area contributed by atoms with Gasteiger partial charge in [-0.15, -0.1) is 0 Å². The highest BCUT2D eigenvalue weighted by Gasteiger charge is 2.43. The Morgan fingerprint density at radius 2 is 1.69 bits per heavy atom. The molecule has 2 aromatic rings. The van der Waals surface area contributed by atoms with Crippen LogP contribution < -0.4 is 10.1 Å². The molecule has 2 aliphatic rings. The van der Waals surface area contributed by atoms with Crippen molar-refractivity contribution in [3.63, 3.8) is 0 Å². The van der Waals surface area contributed by atoms with Crippen LogP contribution in [0.2, 0.25) is 5.02 Å². The van der Waals surface area contributed by atoms with E-state index in [1.165, 1.54) is 0 Å². The number of carbonyl (C=O) groups excluding carboxylic acids is 3. The number of piperidine rings is 1. The molecule has 0 bridgehead atoms. The summed E-state index contributed by atoms with van der Waals surface area (Å²) in [5.41, 5.74) is 0.469. The lowest BCUT2D eigenvalue weighted by molar-refractivity contribution is -0.144. The molecule has 1 spiro atoms. The van der Waals surface area contributed by atoms with Crippen molar-refractivity contribution >= 4 is 29.3 Å². The monoisotopic (exact) mass is 497 g/mol. The third-order valence-electron chi connectivity index (χ3n) is 7.10. The molecule has 0 saturated carbocycles. The molecule has 2 aromatic carbocycles. The SMILES string of the molecule is CN1CCOc2ccccc2C(=O)NCCCCC2(CCN(C(=O)c3ccccc3Cl)CC2)C1=O. The number of nitrogens with zero attached hydrogens (tertiary/aromatic N) is 2. The Balaban J connectivity index is 1.47. The summed E-state index contributed by atoms with van der Waals surface area (Å²) in [6.45, 7) is 2.25. The van der Waals surface area contributed by atoms with E-state index in [9.17, 15) is 14.4 Å². The number of fused-ring (bicyclic) bond motifs is 1. The zero-order valence-corrected chi connectivity index (χ0v) is 20.9. The molecule has 0 aromatic heterocycles. The minimum absolute atomic E-state index is 0.0954. The number of amides is 3. The molecular weight excluding hydrogens is 466 g/mol.